The molecule has 1 atom stereocenters. The lowest BCUT2D eigenvalue weighted by atomic mass is 10.0. The largest absolute Gasteiger partial charge is 0.494 e. The average molecular weight is 369 g/mol. The van der Waals surface area contributed by atoms with E-state index in [9.17, 15) is 19.6 Å². The number of fused-ring (bicyclic) bond motifs is 1. The zero-order chi connectivity index (χ0) is 19.7. The van der Waals surface area contributed by atoms with E-state index in [2.05, 4.69) is 15.3 Å². The van der Waals surface area contributed by atoms with Crippen LogP contribution in [0.1, 0.15) is 29.9 Å². The number of carbonyl (C=O) groups is 1. The first-order chi connectivity index (χ1) is 12.9. The van der Waals surface area contributed by atoms with Gasteiger partial charge >= 0.3 is 5.97 Å². The third-order valence-electron chi connectivity index (χ3n) is 4.14. The Morgan fingerprint density at radius 2 is 2.15 bits per heavy atom. The van der Waals surface area contributed by atoms with Gasteiger partial charge in [-0.15, -0.1) is 0 Å². The molecule has 27 heavy (non-hydrogen) atoms. The van der Waals surface area contributed by atoms with E-state index in [0.717, 1.165) is 0 Å². The lowest BCUT2D eigenvalue weighted by molar-refractivity contribution is -0.137. The van der Waals surface area contributed by atoms with Crippen LogP contribution in [-0.2, 0) is 4.79 Å². The maximum Gasteiger partial charge on any atom is 0.327 e. The number of nitrogens with zero attached hydrogens (tertiary/aromatic N) is 5. The van der Waals surface area contributed by atoms with Crippen LogP contribution in [0.4, 0.5) is 4.39 Å². The van der Waals surface area contributed by atoms with E-state index in [4.69, 9.17) is 4.74 Å². The van der Waals surface area contributed by atoms with Crippen molar-refractivity contribution in [2.24, 2.45) is 0 Å². The second-order valence-electron chi connectivity index (χ2n) is 5.84. The molecule has 1 aromatic carbocycles. The van der Waals surface area contributed by atoms with Gasteiger partial charge in [0.05, 0.1) is 24.1 Å². The summed E-state index contributed by atoms with van der Waals surface area (Å²) >= 11 is 0. The first-order valence-electron chi connectivity index (χ1n) is 8.16. The quantitative estimate of drug-likeness (QED) is 0.735. The lowest BCUT2D eigenvalue weighted by Crippen LogP contribution is -2.13. The van der Waals surface area contributed by atoms with Gasteiger partial charge in [0, 0.05) is 11.5 Å². The molecule has 2 aromatic heterocycles. The topological polar surface area (TPSA) is 114 Å². The van der Waals surface area contributed by atoms with Gasteiger partial charge in [0.2, 0.25) is 0 Å². The number of hydrogen-bond acceptors (Lipinski definition) is 6. The summed E-state index contributed by atoms with van der Waals surface area (Å²) in [6.07, 6.45) is 0. The number of nitriles is 1. The Kier molecular flexibility index (Phi) is 4.73. The average Bonchev–Trinajstić information content (AvgIpc) is 2.96. The van der Waals surface area contributed by atoms with Crippen molar-refractivity contribution in [3.63, 3.8) is 0 Å². The number of carboxylic acid groups (broad SMARTS) is 1. The highest BCUT2D eigenvalue weighted by Crippen LogP contribution is 2.30. The molecule has 2 heterocycles. The minimum absolute atomic E-state index is 0.0706. The van der Waals surface area contributed by atoms with E-state index < -0.39 is 17.7 Å². The number of aryl methyl sites for hydroxylation is 2. The lowest BCUT2D eigenvalue weighted by Gasteiger charge is -2.08. The molecule has 0 aliphatic heterocycles. The summed E-state index contributed by atoms with van der Waals surface area (Å²) in [5.74, 6) is -3.03. The van der Waals surface area contributed by atoms with Crippen molar-refractivity contribution in [2.45, 2.75) is 26.7 Å². The summed E-state index contributed by atoms with van der Waals surface area (Å²) in [4.78, 5) is 11.4. The molecule has 138 valence electrons. The highest BCUT2D eigenvalue weighted by Gasteiger charge is 2.28. The molecule has 3 rings (SSSR count). The van der Waals surface area contributed by atoms with Gasteiger partial charge in [-0.1, -0.05) is 0 Å². The smallest absolute Gasteiger partial charge is 0.327 e. The fourth-order valence-electron chi connectivity index (χ4n) is 2.92. The molecule has 1 unspecified atom stereocenters. The minimum atomic E-state index is -1.52. The van der Waals surface area contributed by atoms with Gasteiger partial charge < -0.3 is 9.84 Å². The van der Waals surface area contributed by atoms with Crippen LogP contribution in [0.25, 0.3) is 16.6 Å². The van der Waals surface area contributed by atoms with Crippen LogP contribution in [-0.4, -0.2) is 37.7 Å². The van der Waals surface area contributed by atoms with E-state index in [1.807, 2.05) is 0 Å². The molecule has 0 fully saturated rings. The fourth-order valence-corrected chi connectivity index (χ4v) is 2.92. The number of halogens is 1. The van der Waals surface area contributed by atoms with E-state index in [-0.39, 0.29) is 16.9 Å². The Labute approximate surface area is 153 Å². The molecule has 0 spiro atoms. The van der Waals surface area contributed by atoms with Crippen LogP contribution < -0.4 is 4.74 Å². The number of aliphatic carboxylic acids is 1. The highest BCUT2D eigenvalue weighted by atomic mass is 19.1. The van der Waals surface area contributed by atoms with Crippen LogP contribution in [0.3, 0.4) is 0 Å². The molecule has 8 nitrogen and oxygen atoms in total. The molecule has 0 aliphatic rings. The van der Waals surface area contributed by atoms with Crippen molar-refractivity contribution < 1.29 is 19.0 Å². The summed E-state index contributed by atoms with van der Waals surface area (Å²) in [6, 6.07) is 6.08. The monoisotopic (exact) mass is 369 g/mol. The number of aromatic nitrogens is 4. The molecule has 0 radical (unpaired) electrons. The van der Waals surface area contributed by atoms with Crippen molar-refractivity contribution in [3.8, 4) is 17.5 Å². The summed E-state index contributed by atoms with van der Waals surface area (Å²) in [5, 5.41) is 31.2. The summed E-state index contributed by atoms with van der Waals surface area (Å²) in [5.41, 5.74) is 1.37. The molecule has 0 bridgehead atoms. The Morgan fingerprint density at radius 1 is 1.41 bits per heavy atom. The standard InChI is InChI=1S/C18H16FN5O3/c1-4-27-11-5-6-14(13(19)7-11)24-10(3)15-9(2)21-22-16(17(15)23-24)12(8-20)18(25)26/h5-7,12H,4H2,1-3H3,(H,25,26). The molecule has 0 saturated carbocycles. The van der Waals surface area contributed by atoms with Gasteiger partial charge in [-0.3, -0.25) is 4.79 Å². The van der Waals surface area contributed by atoms with Gasteiger partial charge in [0.25, 0.3) is 0 Å². The first kappa shape index (κ1) is 18.3. The normalized spacial score (nSPS) is 12.0. The first-order valence-corrected chi connectivity index (χ1v) is 8.16. The van der Waals surface area contributed by atoms with Crippen LogP contribution in [0.15, 0.2) is 18.2 Å². The zero-order valence-electron chi connectivity index (χ0n) is 14.9. The third kappa shape index (κ3) is 3.06. The maximum absolute atomic E-state index is 14.6. The summed E-state index contributed by atoms with van der Waals surface area (Å²) in [6.45, 7) is 5.61. The number of benzene rings is 1. The molecule has 3 aromatic rings. The Balaban J connectivity index is 2.25. The molecule has 0 aliphatic carbocycles. The number of carboxylic acids is 1. The maximum atomic E-state index is 14.6. The predicted molar refractivity (Wildman–Crippen MR) is 93.3 cm³/mol. The van der Waals surface area contributed by atoms with Crippen molar-refractivity contribution in [2.75, 3.05) is 6.61 Å². The SMILES string of the molecule is CCOc1ccc(-n2nc3c(C(C#N)C(=O)O)nnc(C)c3c2C)c(F)c1. The molecule has 0 saturated heterocycles. The van der Waals surface area contributed by atoms with Crippen LogP contribution in [0.2, 0.25) is 0 Å². The Hall–Kier alpha value is -3.54. The van der Waals surface area contributed by atoms with Gasteiger partial charge in [-0.25, -0.2) is 9.07 Å². The van der Waals surface area contributed by atoms with Crippen molar-refractivity contribution in [3.05, 3.63) is 41.1 Å². The van der Waals surface area contributed by atoms with Crippen LogP contribution in [0.5, 0.6) is 5.75 Å². The molecule has 9 heteroatoms. The Bertz CT molecular complexity index is 1090. The van der Waals surface area contributed by atoms with Crippen molar-refractivity contribution in [1.29, 1.82) is 5.26 Å². The van der Waals surface area contributed by atoms with Crippen molar-refractivity contribution in [1.82, 2.24) is 20.0 Å². The fraction of sp³-hybridized carbons (Fsp3) is 0.278. The number of hydrogen-bond donors (Lipinski definition) is 1. The van der Waals surface area contributed by atoms with E-state index in [0.29, 0.717) is 29.1 Å². The minimum Gasteiger partial charge on any atom is -0.494 e. The second kappa shape index (κ2) is 6.99. The molecule has 1 N–H and O–H groups in total. The van der Waals surface area contributed by atoms with Crippen molar-refractivity contribution >= 4 is 16.9 Å². The summed E-state index contributed by atoms with van der Waals surface area (Å²) < 4.78 is 21.2. The summed E-state index contributed by atoms with van der Waals surface area (Å²) in [7, 11) is 0. The zero-order valence-corrected chi connectivity index (χ0v) is 14.9. The van der Waals surface area contributed by atoms with E-state index in [1.54, 1.807) is 32.9 Å². The van der Waals surface area contributed by atoms with Gasteiger partial charge in [0.15, 0.2) is 11.7 Å². The molecular formula is C18H16FN5O3. The van der Waals surface area contributed by atoms with Gasteiger partial charge in [-0.2, -0.15) is 20.6 Å². The van der Waals surface area contributed by atoms with Crippen LogP contribution >= 0.6 is 0 Å². The highest BCUT2D eigenvalue weighted by molar-refractivity contribution is 5.91. The van der Waals surface area contributed by atoms with Gasteiger partial charge in [-0.05, 0) is 32.9 Å². The van der Waals surface area contributed by atoms with E-state index >= 15 is 0 Å². The molecular weight excluding hydrogens is 353 g/mol. The Morgan fingerprint density at radius 3 is 2.74 bits per heavy atom. The third-order valence-corrected chi connectivity index (χ3v) is 4.14. The second-order valence-corrected chi connectivity index (χ2v) is 5.84. The molecule has 0 amide bonds. The van der Waals surface area contributed by atoms with E-state index in [1.165, 1.54) is 16.8 Å². The van der Waals surface area contributed by atoms with Gasteiger partial charge in [0.1, 0.15) is 22.6 Å². The predicted octanol–water partition coefficient (Wildman–Crippen LogP) is 2.66. The number of ether oxygens (including phenoxy) is 1. The number of rotatable bonds is 5. The van der Waals surface area contributed by atoms with Crippen LogP contribution in [0, 0.1) is 31.0 Å².